The van der Waals surface area contributed by atoms with Gasteiger partial charge in [0.2, 0.25) is 15.9 Å². The summed E-state index contributed by atoms with van der Waals surface area (Å²) in [5.41, 5.74) is 0.415. The predicted octanol–water partition coefficient (Wildman–Crippen LogP) is 1.39. The molecule has 0 atom stereocenters. The van der Waals surface area contributed by atoms with Gasteiger partial charge in [0.1, 0.15) is 0 Å². The number of carbonyl (C=O) groups excluding carboxylic acids is 2. The first-order valence-corrected chi connectivity index (χ1v) is 8.47. The zero-order chi connectivity index (χ0) is 16.8. The molecule has 7 nitrogen and oxygen atoms in total. The summed E-state index contributed by atoms with van der Waals surface area (Å²) in [7, 11) is -2.24. The fourth-order valence-corrected chi connectivity index (χ4v) is 2.77. The Morgan fingerprint density at radius 3 is 2.59 bits per heavy atom. The van der Waals surface area contributed by atoms with Crippen LogP contribution >= 0.6 is 11.6 Å². The van der Waals surface area contributed by atoms with E-state index in [0.29, 0.717) is 6.42 Å². The molecule has 0 spiro atoms. The SMILES string of the molecule is CCCS(=O)(=O)NCC(=O)Nc1cc(C(=O)OC)ccc1Cl. The molecule has 0 unspecified atom stereocenters. The van der Waals surface area contributed by atoms with Crippen LogP contribution in [0.1, 0.15) is 23.7 Å². The van der Waals surface area contributed by atoms with Gasteiger partial charge >= 0.3 is 5.97 Å². The molecule has 1 rings (SSSR count). The van der Waals surface area contributed by atoms with Crippen LogP contribution in [0.5, 0.6) is 0 Å². The van der Waals surface area contributed by atoms with Crippen LogP contribution in [0, 0.1) is 0 Å². The third-order valence-corrected chi connectivity index (χ3v) is 4.45. The Kier molecular flexibility index (Phi) is 6.79. The summed E-state index contributed by atoms with van der Waals surface area (Å²) in [5, 5.41) is 2.66. The van der Waals surface area contributed by atoms with Crippen molar-refractivity contribution in [2.45, 2.75) is 13.3 Å². The maximum Gasteiger partial charge on any atom is 0.337 e. The van der Waals surface area contributed by atoms with Gasteiger partial charge in [-0.2, -0.15) is 0 Å². The molecule has 122 valence electrons. The van der Waals surface area contributed by atoms with Crippen molar-refractivity contribution in [2.75, 3.05) is 24.7 Å². The highest BCUT2D eigenvalue weighted by Gasteiger charge is 2.14. The molecule has 0 saturated heterocycles. The van der Waals surface area contributed by atoms with Crippen molar-refractivity contribution in [3.63, 3.8) is 0 Å². The second-order valence-electron chi connectivity index (χ2n) is 4.37. The summed E-state index contributed by atoms with van der Waals surface area (Å²) in [6, 6.07) is 4.24. The van der Waals surface area contributed by atoms with Gasteiger partial charge in [-0.15, -0.1) is 0 Å². The first-order chi connectivity index (χ1) is 10.3. The molecular formula is C13H17ClN2O5S. The zero-order valence-corrected chi connectivity index (χ0v) is 13.8. The molecule has 1 aromatic carbocycles. The van der Waals surface area contributed by atoms with Gasteiger partial charge in [0.15, 0.2) is 0 Å². The van der Waals surface area contributed by atoms with E-state index in [2.05, 4.69) is 14.8 Å². The van der Waals surface area contributed by atoms with Crippen LogP contribution in [0.3, 0.4) is 0 Å². The van der Waals surface area contributed by atoms with Crippen molar-refractivity contribution >= 4 is 39.2 Å². The predicted molar refractivity (Wildman–Crippen MR) is 83.5 cm³/mol. The number of hydrogen-bond donors (Lipinski definition) is 2. The summed E-state index contributed by atoms with van der Waals surface area (Å²) in [6.07, 6.45) is 0.448. The van der Waals surface area contributed by atoms with Crippen molar-refractivity contribution in [1.29, 1.82) is 0 Å². The van der Waals surface area contributed by atoms with Gasteiger partial charge in [-0.3, -0.25) is 4.79 Å². The summed E-state index contributed by atoms with van der Waals surface area (Å²) >= 11 is 5.92. The average molecular weight is 349 g/mol. The number of benzene rings is 1. The third kappa shape index (κ3) is 5.63. The van der Waals surface area contributed by atoms with E-state index in [4.69, 9.17) is 11.6 Å². The number of ether oxygens (including phenoxy) is 1. The Morgan fingerprint density at radius 1 is 1.32 bits per heavy atom. The number of sulfonamides is 1. The van der Waals surface area contributed by atoms with Crippen molar-refractivity contribution < 1.29 is 22.7 Å². The molecule has 0 bridgehead atoms. The fraction of sp³-hybridized carbons (Fsp3) is 0.385. The van der Waals surface area contributed by atoms with Gasteiger partial charge < -0.3 is 10.1 Å². The second kappa shape index (κ2) is 8.11. The minimum absolute atomic E-state index is 0.0567. The lowest BCUT2D eigenvalue weighted by Gasteiger charge is -2.10. The number of methoxy groups -OCH3 is 1. The fourth-order valence-electron chi connectivity index (χ4n) is 1.58. The van der Waals surface area contributed by atoms with E-state index in [-0.39, 0.29) is 22.0 Å². The number of esters is 1. The van der Waals surface area contributed by atoms with Crippen LogP contribution < -0.4 is 10.0 Å². The van der Waals surface area contributed by atoms with Gasteiger partial charge in [-0.05, 0) is 24.6 Å². The first-order valence-electron chi connectivity index (χ1n) is 6.44. The molecule has 2 N–H and O–H groups in total. The van der Waals surface area contributed by atoms with E-state index in [9.17, 15) is 18.0 Å². The Hall–Kier alpha value is -1.64. The van der Waals surface area contributed by atoms with Crippen LogP contribution in [0.25, 0.3) is 0 Å². The van der Waals surface area contributed by atoms with E-state index in [1.807, 2.05) is 0 Å². The normalized spacial score (nSPS) is 11.0. The van der Waals surface area contributed by atoms with E-state index < -0.39 is 28.4 Å². The lowest BCUT2D eigenvalue weighted by Crippen LogP contribution is -2.34. The number of amides is 1. The second-order valence-corrected chi connectivity index (χ2v) is 6.71. The number of hydrogen-bond acceptors (Lipinski definition) is 5. The van der Waals surface area contributed by atoms with Gasteiger partial charge in [-0.25, -0.2) is 17.9 Å². The Bertz CT molecular complexity index is 660. The number of anilines is 1. The van der Waals surface area contributed by atoms with E-state index in [0.717, 1.165) is 0 Å². The molecule has 0 radical (unpaired) electrons. The maximum absolute atomic E-state index is 11.8. The third-order valence-electron chi connectivity index (χ3n) is 2.59. The monoisotopic (exact) mass is 348 g/mol. The molecule has 0 aliphatic heterocycles. The smallest absolute Gasteiger partial charge is 0.337 e. The molecule has 0 aliphatic carbocycles. The van der Waals surface area contributed by atoms with Gasteiger partial charge in [0.05, 0.1) is 35.7 Å². The Labute approximate surface area is 134 Å². The molecule has 22 heavy (non-hydrogen) atoms. The van der Waals surface area contributed by atoms with Gasteiger partial charge in [0, 0.05) is 0 Å². The molecule has 9 heteroatoms. The van der Waals surface area contributed by atoms with E-state index in [1.165, 1.54) is 25.3 Å². The molecular weight excluding hydrogens is 332 g/mol. The van der Waals surface area contributed by atoms with Crippen molar-refractivity contribution in [2.24, 2.45) is 0 Å². The number of nitrogens with one attached hydrogen (secondary N) is 2. The highest BCUT2D eigenvalue weighted by molar-refractivity contribution is 7.89. The van der Waals surface area contributed by atoms with Gasteiger partial charge in [0.25, 0.3) is 0 Å². The lowest BCUT2D eigenvalue weighted by molar-refractivity contribution is -0.115. The molecule has 0 heterocycles. The largest absolute Gasteiger partial charge is 0.465 e. The van der Waals surface area contributed by atoms with Crippen LogP contribution in [0.4, 0.5) is 5.69 Å². The first kappa shape index (κ1) is 18.4. The molecule has 0 aliphatic rings. The summed E-state index contributed by atoms with van der Waals surface area (Å²) in [5.74, 6) is -1.22. The highest BCUT2D eigenvalue weighted by Crippen LogP contribution is 2.23. The topological polar surface area (TPSA) is 102 Å². The van der Waals surface area contributed by atoms with Gasteiger partial charge in [-0.1, -0.05) is 18.5 Å². The summed E-state index contributed by atoms with van der Waals surface area (Å²) in [6.45, 7) is 1.30. The zero-order valence-electron chi connectivity index (χ0n) is 12.2. The number of rotatable bonds is 7. The Morgan fingerprint density at radius 2 is 2.00 bits per heavy atom. The number of carbonyl (C=O) groups is 2. The van der Waals surface area contributed by atoms with E-state index >= 15 is 0 Å². The summed E-state index contributed by atoms with van der Waals surface area (Å²) < 4.78 is 29.7. The minimum Gasteiger partial charge on any atom is -0.465 e. The number of halogens is 1. The van der Waals surface area contributed by atoms with Crippen LogP contribution in [0.2, 0.25) is 5.02 Å². The molecule has 0 aromatic heterocycles. The quantitative estimate of drug-likeness (QED) is 0.725. The highest BCUT2D eigenvalue weighted by atomic mass is 35.5. The molecule has 1 aromatic rings. The van der Waals surface area contributed by atoms with E-state index in [1.54, 1.807) is 6.92 Å². The van der Waals surface area contributed by atoms with Crippen LogP contribution in [-0.4, -0.2) is 39.7 Å². The van der Waals surface area contributed by atoms with Crippen LogP contribution in [0.15, 0.2) is 18.2 Å². The standard InChI is InChI=1S/C13H17ClN2O5S/c1-3-6-22(19,20)15-8-12(17)16-11-7-9(13(18)21-2)4-5-10(11)14/h4-5,7,15H,3,6,8H2,1-2H3,(H,16,17). The molecule has 1 amide bonds. The van der Waals surface area contributed by atoms with Crippen molar-refractivity contribution in [1.82, 2.24) is 4.72 Å². The molecule has 0 saturated carbocycles. The molecule has 0 fully saturated rings. The van der Waals surface area contributed by atoms with Crippen molar-refractivity contribution in [3.8, 4) is 0 Å². The maximum atomic E-state index is 11.8. The summed E-state index contributed by atoms with van der Waals surface area (Å²) in [4.78, 5) is 23.2. The Balaban J connectivity index is 2.74. The minimum atomic E-state index is -3.47. The average Bonchev–Trinajstić information content (AvgIpc) is 2.46. The van der Waals surface area contributed by atoms with Crippen LogP contribution in [-0.2, 0) is 19.6 Å². The lowest BCUT2D eigenvalue weighted by atomic mass is 10.2. The van der Waals surface area contributed by atoms with Crippen molar-refractivity contribution in [3.05, 3.63) is 28.8 Å².